The number of fused-ring (bicyclic) bond motifs is 1. The first kappa shape index (κ1) is 19.0. The molecule has 1 fully saturated rings. The van der Waals surface area contributed by atoms with Gasteiger partial charge in [-0.25, -0.2) is 0 Å². The zero-order valence-corrected chi connectivity index (χ0v) is 17.0. The van der Waals surface area contributed by atoms with E-state index >= 15 is 0 Å². The zero-order chi connectivity index (χ0) is 20.2. The average Bonchev–Trinajstić information content (AvgIpc) is 2.83. The van der Waals surface area contributed by atoms with Gasteiger partial charge in [-0.05, 0) is 64.2 Å². The van der Waals surface area contributed by atoms with Crippen molar-refractivity contribution in [2.75, 3.05) is 13.1 Å². The molecule has 0 spiro atoms. The molecule has 1 aliphatic heterocycles. The van der Waals surface area contributed by atoms with Gasteiger partial charge in [0.15, 0.2) is 0 Å². The molecule has 30 heavy (non-hydrogen) atoms. The molecule has 3 heteroatoms. The molecule has 4 aromatic rings. The minimum atomic E-state index is 0.165. The summed E-state index contributed by atoms with van der Waals surface area (Å²) in [4.78, 5) is 4.14. The van der Waals surface area contributed by atoms with Gasteiger partial charge in [-0.3, -0.25) is 4.98 Å². The van der Waals surface area contributed by atoms with E-state index in [0.717, 1.165) is 19.5 Å². The number of ether oxygens (including phenoxy) is 1. The van der Waals surface area contributed by atoms with Gasteiger partial charge in [0, 0.05) is 24.9 Å². The van der Waals surface area contributed by atoms with E-state index in [0.29, 0.717) is 12.5 Å². The molecule has 1 saturated heterocycles. The molecule has 150 valence electrons. The van der Waals surface area contributed by atoms with Crippen molar-refractivity contribution in [3.63, 3.8) is 0 Å². The van der Waals surface area contributed by atoms with E-state index in [1.54, 1.807) is 0 Å². The van der Waals surface area contributed by atoms with Crippen LogP contribution in [0.25, 0.3) is 21.9 Å². The van der Waals surface area contributed by atoms with Gasteiger partial charge in [0.1, 0.15) is 0 Å². The van der Waals surface area contributed by atoms with E-state index in [9.17, 15) is 0 Å². The Labute approximate surface area is 177 Å². The lowest BCUT2D eigenvalue weighted by molar-refractivity contribution is 0.0107. The minimum absolute atomic E-state index is 0.165. The van der Waals surface area contributed by atoms with Crippen LogP contribution in [0.15, 0.2) is 91.3 Å². The van der Waals surface area contributed by atoms with Crippen LogP contribution in [0.5, 0.6) is 0 Å². The van der Waals surface area contributed by atoms with E-state index in [1.807, 2.05) is 12.4 Å². The monoisotopic (exact) mass is 394 g/mol. The molecule has 1 aromatic heterocycles. The Kier molecular flexibility index (Phi) is 5.56. The fourth-order valence-corrected chi connectivity index (χ4v) is 4.41. The zero-order valence-electron chi connectivity index (χ0n) is 17.0. The van der Waals surface area contributed by atoms with Crippen LogP contribution >= 0.6 is 0 Å². The van der Waals surface area contributed by atoms with Crippen LogP contribution in [0.3, 0.4) is 0 Å². The van der Waals surface area contributed by atoms with Crippen LogP contribution in [-0.4, -0.2) is 24.2 Å². The van der Waals surface area contributed by atoms with Crippen LogP contribution in [0, 0.1) is 0 Å². The standard InChI is InChI=1S/C27H26N2O/c1-2-5-23-16-20(8-9-21(23)4-1)19-30-27-18-29-15-12-26(27)25-7-3-6-24(17-25)22-10-13-28-14-11-22/h1-11,13-14,16-17,26-27,29H,12,15,18-19H2. The first-order valence-electron chi connectivity index (χ1n) is 10.7. The molecule has 1 aliphatic rings. The fraction of sp³-hybridized carbons (Fsp3) is 0.222. The Bertz CT molecular complexity index is 1130. The van der Waals surface area contributed by atoms with Gasteiger partial charge >= 0.3 is 0 Å². The first-order valence-corrected chi connectivity index (χ1v) is 10.7. The third-order valence-electron chi connectivity index (χ3n) is 6.03. The van der Waals surface area contributed by atoms with E-state index in [4.69, 9.17) is 4.74 Å². The molecule has 3 nitrogen and oxygen atoms in total. The summed E-state index contributed by atoms with van der Waals surface area (Å²) in [6.45, 7) is 2.55. The van der Waals surface area contributed by atoms with E-state index < -0.39 is 0 Å². The van der Waals surface area contributed by atoms with Crippen molar-refractivity contribution in [2.45, 2.75) is 25.0 Å². The quantitative estimate of drug-likeness (QED) is 0.481. The second kappa shape index (κ2) is 8.78. The number of hydrogen-bond acceptors (Lipinski definition) is 3. The van der Waals surface area contributed by atoms with Gasteiger partial charge in [0.25, 0.3) is 0 Å². The Morgan fingerprint density at radius 2 is 1.70 bits per heavy atom. The van der Waals surface area contributed by atoms with Crippen molar-refractivity contribution in [1.82, 2.24) is 10.3 Å². The number of hydrogen-bond donors (Lipinski definition) is 1. The number of rotatable bonds is 5. The summed E-state index contributed by atoms with van der Waals surface area (Å²) < 4.78 is 6.46. The van der Waals surface area contributed by atoms with Crippen molar-refractivity contribution in [3.05, 3.63) is 102 Å². The molecule has 0 bridgehead atoms. The molecular weight excluding hydrogens is 368 g/mol. The topological polar surface area (TPSA) is 34.2 Å². The van der Waals surface area contributed by atoms with Gasteiger partial charge in [-0.2, -0.15) is 0 Å². The third-order valence-corrected chi connectivity index (χ3v) is 6.03. The maximum absolute atomic E-state index is 6.46. The van der Waals surface area contributed by atoms with Crippen LogP contribution in [0.1, 0.15) is 23.5 Å². The van der Waals surface area contributed by atoms with Crippen LogP contribution in [-0.2, 0) is 11.3 Å². The Morgan fingerprint density at radius 1 is 0.833 bits per heavy atom. The summed E-state index contributed by atoms with van der Waals surface area (Å²) in [7, 11) is 0. The largest absolute Gasteiger partial charge is 0.372 e. The Hall–Kier alpha value is -3.01. The summed E-state index contributed by atoms with van der Waals surface area (Å²) >= 11 is 0. The third kappa shape index (κ3) is 4.13. The number of benzene rings is 3. The summed E-state index contributed by atoms with van der Waals surface area (Å²) in [5, 5.41) is 6.05. The highest BCUT2D eigenvalue weighted by Gasteiger charge is 2.27. The van der Waals surface area contributed by atoms with Crippen molar-refractivity contribution >= 4 is 10.8 Å². The number of piperidine rings is 1. The number of aromatic nitrogens is 1. The molecule has 2 atom stereocenters. The first-order chi connectivity index (χ1) is 14.9. The Balaban J connectivity index is 1.34. The van der Waals surface area contributed by atoms with E-state index in [1.165, 1.54) is 33.0 Å². The number of nitrogens with one attached hydrogen (secondary N) is 1. The maximum atomic E-state index is 6.46. The smallest absolute Gasteiger partial charge is 0.0772 e. The van der Waals surface area contributed by atoms with E-state index in [-0.39, 0.29) is 6.10 Å². The van der Waals surface area contributed by atoms with E-state index in [2.05, 4.69) is 89.2 Å². The van der Waals surface area contributed by atoms with Gasteiger partial charge < -0.3 is 10.1 Å². The summed E-state index contributed by atoms with van der Waals surface area (Å²) in [5.74, 6) is 0.397. The SMILES string of the molecule is c1cc(-c2ccncc2)cc(C2CCNCC2OCc2ccc3ccccc3c2)c1. The second-order valence-corrected chi connectivity index (χ2v) is 7.99. The minimum Gasteiger partial charge on any atom is -0.372 e. The summed E-state index contributed by atoms with van der Waals surface area (Å²) in [6.07, 6.45) is 4.95. The molecule has 5 rings (SSSR count). The van der Waals surface area contributed by atoms with Crippen LogP contribution in [0.4, 0.5) is 0 Å². The molecule has 0 amide bonds. The molecule has 2 heterocycles. The normalized spacial score (nSPS) is 19.1. The van der Waals surface area contributed by atoms with Gasteiger partial charge in [0.05, 0.1) is 12.7 Å². The van der Waals surface area contributed by atoms with Crippen molar-refractivity contribution < 1.29 is 4.74 Å². The average molecular weight is 395 g/mol. The molecule has 0 radical (unpaired) electrons. The Morgan fingerprint density at radius 3 is 2.60 bits per heavy atom. The molecule has 0 aliphatic carbocycles. The highest BCUT2D eigenvalue weighted by Crippen LogP contribution is 2.31. The molecule has 3 aromatic carbocycles. The molecular formula is C27H26N2O. The fourth-order valence-electron chi connectivity index (χ4n) is 4.41. The number of nitrogens with zero attached hydrogens (tertiary/aromatic N) is 1. The van der Waals surface area contributed by atoms with Crippen LogP contribution < -0.4 is 5.32 Å². The lowest BCUT2D eigenvalue weighted by Gasteiger charge is -2.33. The predicted molar refractivity (Wildman–Crippen MR) is 122 cm³/mol. The lowest BCUT2D eigenvalue weighted by atomic mass is 9.86. The molecule has 2 unspecified atom stereocenters. The summed E-state index contributed by atoms with van der Waals surface area (Å²) in [5.41, 5.74) is 5.02. The van der Waals surface area contributed by atoms with Crippen molar-refractivity contribution in [2.24, 2.45) is 0 Å². The summed E-state index contributed by atoms with van der Waals surface area (Å²) in [6, 6.07) is 28.1. The van der Waals surface area contributed by atoms with Gasteiger partial charge in [0.2, 0.25) is 0 Å². The van der Waals surface area contributed by atoms with Gasteiger partial charge in [-0.15, -0.1) is 0 Å². The predicted octanol–water partition coefficient (Wildman–Crippen LogP) is 5.56. The maximum Gasteiger partial charge on any atom is 0.0772 e. The highest BCUT2D eigenvalue weighted by molar-refractivity contribution is 5.82. The van der Waals surface area contributed by atoms with Crippen molar-refractivity contribution in [3.8, 4) is 11.1 Å². The highest BCUT2D eigenvalue weighted by atomic mass is 16.5. The lowest BCUT2D eigenvalue weighted by Crippen LogP contribution is -2.41. The van der Waals surface area contributed by atoms with Crippen LogP contribution in [0.2, 0.25) is 0 Å². The second-order valence-electron chi connectivity index (χ2n) is 7.99. The van der Waals surface area contributed by atoms with Crippen molar-refractivity contribution in [1.29, 1.82) is 0 Å². The van der Waals surface area contributed by atoms with Gasteiger partial charge in [-0.1, -0.05) is 60.7 Å². The number of pyridine rings is 1. The molecule has 0 saturated carbocycles. The molecule has 1 N–H and O–H groups in total.